The molecular formula is C13H12ClFOS. The Bertz CT molecular complexity index is 524. The Morgan fingerprint density at radius 2 is 2.06 bits per heavy atom. The van der Waals surface area contributed by atoms with E-state index in [2.05, 4.69) is 0 Å². The van der Waals surface area contributed by atoms with Gasteiger partial charge in [-0.05, 0) is 25.1 Å². The quantitative estimate of drug-likeness (QED) is 0.745. The van der Waals surface area contributed by atoms with Crippen LogP contribution in [0.4, 0.5) is 4.39 Å². The second-order valence-corrected chi connectivity index (χ2v) is 5.45. The van der Waals surface area contributed by atoms with E-state index < -0.39 is 5.38 Å². The molecule has 1 nitrogen and oxygen atoms in total. The zero-order chi connectivity index (χ0) is 12.4. The summed E-state index contributed by atoms with van der Waals surface area (Å²) in [5.41, 5.74) is 0.481. The van der Waals surface area contributed by atoms with E-state index in [0.717, 1.165) is 4.88 Å². The number of hydrogen-bond acceptors (Lipinski definition) is 2. The average molecular weight is 271 g/mol. The van der Waals surface area contributed by atoms with Gasteiger partial charge in [-0.1, -0.05) is 6.07 Å². The van der Waals surface area contributed by atoms with Gasteiger partial charge < -0.3 is 4.74 Å². The Labute approximate surface area is 109 Å². The van der Waals surface area contributed by atoms with Crippen molar-refractivity contribution < 1.29 is 9.13 Å². The van der Waals surface area contributed by atoms with Crippen molar-refractivity contribution in [3.8, 4) is 5.75 Å². The van der Waals surface area contributed by atoms with Gasteiger partial charge in [-0.2, -0.15) is 0 Å². The Morgan fingerprint density at radius 1 is 1.29 bits per heavy atom. The van der Waals surface area contributed by atoms with Gasteiger partial charge in [0.2, 0.25) is 0 Å². The fraction of sp³-hybridized carbons (Fsp3) is 0.231. The maximum absolute atomic E-state index is 13.8. The van der Waals surface area contributed by atoms with Crippen molar-refractivity contribution in [3.63, 3.8) is 0 Å². The zero-order valence-electron chi connectivity index (χ0n) is 9.54. The molecule has 0 aliphatic heterocycles. The molecule has 1 atom stereocenters. The number of halogens is 2. The lowest BCUT2D eigenvalue weighted by Gasteiger charge is -2.10. The highest BCUT2D eigenvalue weighted by atomic mass is 35.5. The number of hydrogen-bond donors (Lipinski definition) is 0. The Balaban J connectivity index is 2.34. The van der Waals surface area contributed by atoms with E-state index in [-0.39, 0.29) is 5.82 Å². The molecule has 0 spiro atoms. The van der Waals surface area contributed by atoms with Crippen LogP contribution in [-0.2, 0) is 0 Å². The number of thiophene rings is 1. The molecule has 2 aromatic rings. The molecule has 0 amide bonds. The lowest BCUT2D eigenvalue weighted by atomic mass is 10.1. The van der Waals surface area contributed by atoms with Gasteiger partial charge in [0, 0.05) is 21.4 Å². The van der Waals surface area contributed by atoms with Crippen LogP contribution in [0.15, 0.2) is 30.3 Å². The normalized spacial score (nSPS) is 12.5. The molecule has 1 unspecified atom stereocenters. The van der Waals surface area contributed by atoms with E-state index in [9.17, 15) is 4.39 Å². The predicted molar refractivity (Wildman–Crippen MR) is 69.7 cm³/mol. The van der Waals surface area contributed by atoms with Crippen LogP contribution in [0.5, 0.6) is 5.75 Å². The summed E-state index contributed by atoms with van der Waals surface area (Å²) < 4.78 is 18.8. The third kappa shape index (κ3) is 2.61. The molecule has 2 rings (SSSR count). The molecule has 17 heavy (non-hydrogen) atoms. The molecule has 0 radical (unpaired) electrons. The second kappa shape index (κ2) is 5.07. The largest absolute Gasteiger partial charge is 0.497 e. The van der Waals surface area contributed by atoms with Crippen LogP contribution in [0.3, 0.4) is 0 Å². The molecule has 90 valence electrons. The SMILES string of the molecule is COc1ccc(C(Cl)c2ccc(C)s2)c(F)c1. The topological polar surface area (TPSA) is 9.23 Å². The van der Waals surface area contributed by atoms with Crippen LogP contribution >= 0.6 is 22.9 Å². The summed E-state index contributed by atoms with van der Waals surface area (Å²) in [4.78, 5) is 2.12. The van der Waals surface area contributed by atoms with Crippen LogP contribution < -0.4 is 4.74 Å². The summed E-state index contributed by atoms with van der Waals surface area (Å²) in [5.74, 6) is 0.160. The van der Waals surface area contributed by atoms with Crippen molar-refractivity contribution in [1.29, 1.82) is 0 Å². The van der Waals surface area contributed by atoms with E-state index in [1.54, 1.807) is 23.5 Å². The van der Waals surface area contributed by atoms with Crippen molar-refractivity contribution in [2.24, 2.45) is 0 Å². The van der Waals surface area contributed by atoms with Crippen molar-refractivity contribution >= 4 is 22.9 Å². The number of rotatable bonds is 3. The predicted octanol–water partition coefficient (Wildman–Crippen LogP) is 4.53. The molecule has 0 bridgehead atoms. The van der Waals surface area contributed by atoms with Crippen LogP contribution in [0, 0.1) is 12.7 Å². The Morgan fingerprint density at radius 3 is 2.59 bits per heavy atom. The molecule has 1 aromatic heterocycles. The van der Waals surface area contributed by atoms with Gasteiger partial charge >= 0.3 is 0 Å². The summed E-state index contributed by atoms with van der Waals surface area (Å²) >= 11 is 7.85. The summed E-state index contributed by atoms with van der Waals surface area (Å²) in [7, 11) is 1.51. The molecule has 0 aliphatic carbocycles. The van der Waals surface area contributed by atoms with Gasteiger partial charge in [0.25, 0.3) is 0 Å². The lowest BCUT2D eigenvalue weighted by molar-refractivity contribution is 0.411. The minimum Gasteiger partial charge on any atom is -0.497 e. The summed E-state index contributed by atoms with van der Waals surface area (Å²) in [5, 5.41) is -0.445. The summed E-state index contributed by atoms with van der Waals surface area (Å²) in [6.07, 6.45) is 0. The Kier molecular flexibility index (Phi) is 3.69. The first-order valence-corrected chi connectivity index (χ1v) is 6.41. The van der Waals surface area contributed by atoms with Gasteiger partial charge in [0.1, 0.15) is 11.6 Å². The van der Waals surface area contributed by atoms with Gasteiger partial charge in [0.15, 0.2) is 0 Å². The number of benzene rings is 1. The first-order chi connectivity index (χ1) is 8.11. The molecule has 0 aliphatic rings. The smallest absolute Gasteiger partial charge is 0.131 e. The minimum atomic E-state index is -0.445. The highest BCUT2D eigenvalue weighted by Crippen LogP contribution is 2.35. The van der Waals surface area contributed by atoms with Crippen molar-refractivity contribution in [2.45, 2.75) is 12.3 Å². The molecule has 0 saturated carbocycles. The van der Waals surface area contributed by atoms with Gasteiger partial charge in [-0.15, -0.1) is 22.9 Å². The van der Waals surface area contributed by atoms with Crippen molar-refractivity contribution in [2.75, 3.05) is 7.11 Å². The molecule has 1 aromatic carbocycles. The van der Waals surface area contributed by atoms with E-state index >= 15 is 0 Å². The standard InChI is InChI=1S/C13H12ClFOS/c1-8-3-6-12(17-8)13(14)10-5-4-9(16-2)7-11(10)15/h3-7,13H,1-2H3. The van der Waals surface area contributed by atoms with Crippen LogP contribution in [0.25, 0.3) is 0 Å². The highest BCUT2D eigenvalue weighted by Gasteiger charge is 2.17. The minimum absolute atomic E-state index is 0.338. The molecule has 1 heterocycles. The van der Waals surface area contributed by atoms with E-state index in [1.165, 1.54) is 18.1 Å². The fourth-order valence-electron chi connectivity index (χ4n) is 1.58. The average Bonchev–Trinajstić information content (AvgIpc) is 2.75. The maximum Gasteiger partial charge on any atom is 0.131 e. The summed E-state index contributed by atoms with van der Waals surface area (Å²) in [6.45, 7) is 2.00. The van der Waals surface area contributed by atoms with Gasteiger partial charge in [-0.25, -0.2) is 4.39 Å². The number of methoxy groups -OCH3 is 1. The monoisotopic (exact) mass is 270 g/mol. The number of alkyl halides is 1. The maximum atomic E-state index is 13.8. The number of ether oxygens (including phenoxy) is 1. The zero-order valence-corrected chi connectivity index (χ0v) is 11.1. The van der Waals surface area contributed by atoms with Gasteiger partial charge in [0.05, 0.1) is 12.5 Å². The highest BCUT2D eigenvalue weighted by molar-refractivity contribution is 7.12. The third-order valence-corrected chi connectivity index (χ3v) is 4.16. The fourth-order valence-corrected chi connectivity index (χ4v) is 2.84. The Hall–Kier alpha value is -1.06. The molecule has 0 N–H and O–H groups in total. The lowest BCUT2D eigenvalue weighted by Crippen LogP contribution is -1.95. The van der Waals surface area contributed by atoms with Crippen molar-refractivity contribution in [1.82, 2.24) is 0 Å². The van der Waals surface area contributed by atoms with E-state index in [1.807, 2.05) is 19.1 Å². The molecule has 0 saturated heterocycles. The third-order valence-electron chi connectivity index (χ3n) is 2.49. The van der Waals surface area contributed by atoms with Crippen LogP contribution in [0.1, 0.15) is 20.7 Å². The van der Waals surface area contributed by atoms with Gasteiger partial charge in [-0.3, -0.25) is 0 Å². The first kappa shape index (κ1) is 12.4. The molecule has 0 fully saturated rings. The van der Waals surface area contributed by atoms with Crippen LogP contribution in [-0.4, -0.2) is 7.11 Å². The van der Waals surface area contributed by atoms with Crippen LogP contribution in [0.2, 0.25) is 0 Å². The van der Waals surface area contributed by atoms with E-state index in [0.29, 0.717) is 11.3 Å². The second-order valence-electron chi connectivity index (χ2n) is 3.70. The molecule has 4 heteroatoms. The molecular weight excluding hydrogens is 259 g/mol. The van der Waals surface area contributed by atoms with Crippen molar-refractivity contribution in [3.05, 3.63) is 51.5 Å². The summed E-state index contributed by atoms with van der Waals surface area (Å²) in [6, 6.07) is 8.65. The first-order valence-electron chi connectivity index (χ1n) is 5.15. The number of aryl methyl sites for hydroxylation is 1. The van der Waals surface area contributed by atoms with E-state index in [4.69, 9.17) is 16.3 Å².